The van der Waals surface area contributed by atoms with E-state index in [9.17, 15) is 4.79 Å². The van der Waals surface area contributed by atoms with Gasteiger partial charge in [-0.2, -0.15) is 0 Å². The van der Waals surface area contributed by atoms with Crippen LogP contribution in [-0.2, 0) is 17.8 Å². The number of carbonyl (C=O) groups is 1. The van der Waals surface area contributed by atoms with E-state index in [1.165, 1.54) is 0 Å². The van der Waals surface area contributed by atoms with Gasteiger partial charge in [0.1, 0.15) is 5.82 Å². The number of primary amides is 1. The second-order valence-electron chi connectivity index (χ2n) is 5.59. The summed E-state index contributed by atoms with van der Waals surface area (Å²) < 4.78 is 2.19. The lowest BCUT2D eigenvalue weighted by Gasteiger charge is -2.19. The number of para-hydroxylation sites is 2. The van der Waals surface area contributed by atoms with Gasteiger partial charge in [-0.05, 0) is 18.6 Å². The fraction of sp³-hybridized carbons (Fsp3) is 0.500. The Balaban J connectivity index is 2.20. The van der Waals surface area contributed by atoms with Crippen molar-refractivity contribution in [2.24, 2.45) is 5.73 Å². The number of amides is 1. The van der Waals surface area contributed by atoms with Crippen LogP contribution in [0, 0.1) is 0 Å². The number of rotatable bonds is 7. The summed E-state index contributed by atoms with van der Waals surface area (Å²) >= 11 is 0. The second-order valence-corrected chi connectivity index (χ2v) is 5.59. The van der Waals surface area contributed by atoms with Crippen LogP contribution < -0.4 is 11.1 Å². The van der Waals surface area contributed by atoms with Crippen LogP contribution in [0.2, 0.25) is 0 Å². The number of hydrogen-bond donors (Lipinski definition) is 2. The number of carbonyl (C=O) groups excluding carboxylic acids is 1. The lowest BCUT2D eigenvalue weighted by Crippen LogP contribution is -2.45. The van der Waals surface area contributed by atoms with Crippen LogP contribution >= 0.6 is 0 Å². The lowest BCUT2D eigenvalue weighted by atomic mass is 10.1. The van der Waals surface area contributed by atoms with Crippen molar-refractivity contribution in [2.45, 2.75) is 52.2 Å². The van der Waals surface area contributed by atoms with E-state index in [0.29, 0.717) is 6.42 Å². The topological polar surface area (TPSA) is 72.9 Å². The van der Waals surface area contributed by atoms with Gasteiger partial charge in [-0.1, -0.05) is 32.9 Å². The predicted octanol–water partition coefficient (Wildman–Crippen LogP) is 1.84. The fourth-order valence-electron chi connectivity index (χ4n) is 2.61. The van der Waals surface area contributed by atoms with Gasteiger partial charge in [0.25, 0.3) is 0 Å². The standard InChI is InChI=1S/C16H24N4O/c1-4-15-19-12-7-5-6-8-14(12)20(15)10-9-13(16(17)21)18-11(2)3/h5-8,11,13,18H,4,9-10H2,1-3H3,(H2,17,21). The van der Waals surface area contributed by atoms with Gasteiger partial charge in [0.15, 0.2) is 0 Å². The molecule has 1 heterocycles. The molecule has 3 N–H and O–H groups in total. The van der Waals surface area contributed by atoms with Gasteiger partial charge in [-0.25, -0.2) is 4.98 Å². The van der Waals surface area contributed by atoms with Crippen molar-refractivity contribution in [2.75, 3.05) is 0 Å². The molecular formula is C16H24N4O. The van der Waals surface area contributed by atoms with Crippen LogP contribution in [0.4, 0.5) is 0 Å². The Kier molecular flexibility index (Phi) is 4.96. The Hall–Kier alpha value is -1.88. The summed E-state index contributed by atoms with van der Waals surface area (Å²) in [5.41, 5.74) is 7.60. The maximum atomic E-state index is 11.5. The van der Waals surface area contributed by atoms with E-state index in [4.69, 9.17) is 5.73 Å². The number of nitrogens with one attached hydrogen (secondary N) is 1. The molecule has 5 heteroatoms. The number of hydrogen-bond acceptors (Lipinski definition) is 3. The predicted molar refractivity (Wildman–Crippen MR) is 85.0 cm³/mol. The number of nitrogens with two attached hydrogens (primary N) is 1. The third-order valence-electron chi connectivity index (χ3n) is 3.57. The SMILES string of the molecule is CCc1nc2ccccc2n1CCC(NC(C)C)C(N)=O. The number of benzene rings is 1. The van der Waals surface area contributed by atoms with Crippen LogP contribution in [0.1, 0.15) is 33.0 Å². The molecule has 0 aliphatic heterocycles. The normalized spacial score (nSPS) is 13.0. The summed E-state index contributed by atoms with van der Waals surface area (Å²) in [6.45, 7) is 6.85. The van der Waals surface area contributed by atoms with Gasteiger partial charge in [0, 0.05) is 19.0 Å². The van der Waals surface area contributed by atoms with E-state index >= 15 is 0 Å². The van der Waals surface area contributed by atoms with Crippen LogP contribution in [0.15, 0.2) is 24.3 Å². The molecule has 2 rings (SSSR count). The molecule has 0 aliphatic carbocycles. The Morgan fingerprint density at radius 3 is 2.71 bits per heavy atom. The Labute approximate surface area is 125 Å². The Morgan fingerprint density at radius 2 is 2.10 bits per heavy atom. The van der Waals surface area contributed by atoms with Gasteiger partial charge >= 0.3 is 0 Å². The zero-order valence-electron chi connectivity index (χ0n) is 13.0. The molecule has 0 saturated carbocycles. The molecule has 0 saturated heterocycles. The van der Waals surface area contributed by atoms with Crippen molar-refractivity contribution in [3.8, 4) is 0 Å². The minimum Gasteiger partial charge on any atom is -0.368 e. The smallest absolute Gasteiger partial charge is 0.234 e. The molecule has 1 aromatic heterocycles. The van der Waals surface area contributed by atoms with E-state index in [1.807, 2.05) is 32.0 Å². The molecule has 0 spiro atoms. The van der Waals surface area contributed by atoms with Gasteiger partial charge in [0.2, 0.25) is 5.91 Å². The van der Waals surface area contributed by atoms with E-state index < -0.39 is 0 Å². The third-order valence-corrected chi connectivity index (χ3v) is 3.57. The summed E-state index contributed by atoms with van der Waals surface area (Å²) in [7, 11) is 0. The highest BCUT2D eigenvalue weighted by atomic mass is 16.1. The van der Waals surface area contributed by atoms with E-state index in [1.54, 1.807) is 0 Å². The van der Waals surface area contributed by atoms with Crippen LogP contribution in [0.25, 0.3) is 11.0 Å². The molecule has 0 aliphatic rings. The van der Waals surface area contributed by atoms with Crippen molar-refractivity contribution < 1.29 is 4.79 Å². The highest BCUT2D eigenvalue weighted by molar-refractivity contribution is 5.80. The molecule has 114 valence electrons. The van der Waals surface area contributed by atoms with Gasteiger partial charge in [0.05, 0.1) is 17.1 Å². The Bertz CT molecular complexity index is 618. The first-order valence-corrected chi connectivity index (χ1v) is 7.52. The molecule has 0 radical (unpaired) electrons. The Morgan fingerprint density at radius 1 is 1.38 bits per heavy atom. The second kappa shape index (κ2) is 6.72. The molecule has 21 heavy (non-hydrogen) atoms. The van der Waals surface area contributed by atoms with Gasteiger partial charge < -0.3 is 15.6 Å². The third kappa shape index (κ3) is 3.61. The van der Waals surface area contributed by atoms with Crippen molar-refractivity contribution in [1.82, 2.24) is 14.9 Å². The molecule has 1 aromatic carbocycles. The van der Waals surface area contributed by atoms with Crippen molar-refractivity contribution in [3.05, 3.63) is 30.1 Å². The lowest BCUT2D eigenvalue weighted by molar-refractivity contribution is -0.120. The van der Waals surface area contributed by atoms with E-state index in [-0.39, 0.29) is 18.0 Å². The van der Waals surface area contributed by atoms with Crippen molar-refractivity contribution in [3.63, 3.8) is 0 Å². The van der Waals surface area contributed by atoms with Crippen LogP contribution in [0.3, 0.4) is 0 Å². The number of imidazole rings is 1. The largest absolute Gasteiger partial charge is 0.368 e. The van der Waals surface area contributed by atoms with E-state index in [0.717, 1.165) is 29.8 Å². The minimum atomic E-state index is -0.309. The first kappa shape index (κ1) is 15.5. The zero-order valence-corrected chi connectivity index (χ0v) is 13.0. The van der Waals surface area contributed by atoms with E-state index in [2.05, 4.69) is 27.9 Å². The molecule has 0 bridgehead atoms. The zero-order chi connectivity index (χ0) is 15.4. The van der Waals surface area contributed by atoms with Crippen molar-refractivity contribution >= 4 is 16.9 Å². The van der Waals surface area contributed by atoms with Gasteiger partial charge in [-0.3, -0.25) is 4.79 Å². The summed E-state index contributed by atoms with van der Waals surface area (Å²) in [4.78, 5) is 16.2. The number of aromatic nitrogens is 2. The highest BCUT2D eigenvalue weighted by Crippen LogP contribution is 2.17. The summed E-state index contributed by atoms with van der Waals surface area (Å²) in [5.74, 6) is 0.745. The molecule has 5 nitrogen and oxygen atoms in total. The van der Waals surface area contributed by atoms with Gasteiger partial charge in [-0.15, -0.1) is 0 Å². The van der Waals surface area contributed by atoms with Crippen LogP contribution in [0.5, 0.6) is 0 Å². The fourth-order valence-corrected chi connectivity index (χ4v) is 2.61. The number of fused-ring (bicyclic) bond motifs is 1. The molecular weight excluding hydrogens is 264 g/mol. The maximum Gasteiger partial charge on any atom is 0.234 e. The molecule has 1 atom stereocenters. The summed E-state index contributed by atoms with van der Waals surface area (Å²) in [6.07, 6.45) is 1.54. The highest BCUT2D eigenvalue weighted by Gasteiger charge is 2.17. The summed E-state index contributed by atoms with van der Waals surface area (Å²) in [5, 5.41) is 3.22. The first-order chi connectivity index (χ1) is 10.0. The van der Waals surface area contributed by atoms with Crippen molar-refractivity contribution in [1.29, 1.82) is 0 Å². The maximum absolute atomic E-state index is 11.5. The number of nitrogens with zero attached hydrogens (tertiary/aromatic N) is 2. The molecule has 1 amide bonds. The average Bonchev–Trinajstić information content (AvgIpc) is 2.80. The molecule has 2 aromatic rings. The average molecular weight is 288 g/mol. The molecule has 0 fully saturated rings. The monoisotopic (exact) mass is 288 g/mol. The summed E-state index contributed by atoms with van der Waals surface area (Å²) in [6, 6.07) is 8.01. The minimum absolute atomic E-state index is 0.229. The quantitative estimate of drug-likeness (QED) is 0.816. The molecule has 1 unspecified atom stereocenters. The number of aryl methyl sites for hydroxylation is 2. The van der Waals surface area contributed by atoms with Crippen LogP contribution in [-0.4, -0.2) is 27.5 Å². The first-order valence-electron chi connectivity index (χ1n) is 7.52.